The number of anilines is 1. The van der Waals surface area contributed by atoms with Gasteiger partial charge >= 0.3 is 0 Å². The van der Waals surface area contributed by atoms with Gasteiger partial charge in [0.1, 0.15) is 11.4 Å². The molecule has 0 bridgehead atoms. The molecule has 3 heterocycles. The number of pyridine rings is 1. The molecular weight excluding hydrogens is 418 g/mol. The van der Waals surface area contributed by atoms with Crippen molar-refractivity contribution < 1.29 is 9.90 Å². The lowest BCUT2D eigenvalue weighted by Gasteiger charge is -2.18. The number of aromatic nitrogens is 1. The zero-order chi connectivity index (χ0) is 20.7. The predicted molar refractivity (Wildman–Crippen MR) is 121 cm³/mol. The first kappa shape index (κ1) is 18.5. The summed E-state index contributed by atoms with van der Waals surface area (Å²) in [5, 5.41) is 11.2. The molecule has 1 amide bonds. The second-order valence-corrected chi connectivity index (χ2v) is 8.07. The van der Waals surface area contributed by atoms with Crippen molar-refractivity contribution in [2.45, 2.75) is 0 Å². The van der Waals surface area contributed by atoms with E-state index in [2.05, 4.69) is 9.98 Å². The van der Waals surface area contributed by atoms with Crippen molar-refractivity contribution in [3.8, 4) is 5.75 Å². The fraction of sp³-hybridized carbons (Fsp3) is 0. The van der Waals surface area contributed by atoms with Gasteiger partial charge in [0.25, 0.3) is 5.91 Å². The Balaban J connectivity index is 1.69. The molecule has 4 aromatic rings. The summed E-state index contributed by atoms with van der Waals surface area (Å²) in [5.74, 6) is 0.328. The highest BCUT2D eigenvalue weighted by molar-refractivity contribution is 7.21. The summed E-state index contributed by atoms with van der Waals surface area (Å²) in [5.41, 5.74) is 1.73. The van der Waals surface area contributed by atoms with E-state index in [-0.39, 0.29) is 11.7 Å². The van der Waals surface area contributed by atoms with Crippen LogP contribution < -0.4 is 4.90 Å². The number of hydrogen-bond acceptors (Lipinski definition) is 5. The van der Waals surface area contributed by atoms with Crippen molar-refractivity contribution in [3.05, 3.63) is 94.2 Å². The third-order valence-corrected chi connectivity index (χ3v) is 6.39. The number of carbonyl (C=O) groups is 1. The van der Waals surface area contributed by atoms with Crippen molar-refractivity contribution >= 4 is 56.5 Å². The molecule has 0 unspecified atom stereocenters. The number of halogens is 1. The van der Waals surface area contributed by atoms with Crippen LogP contribution in [0.15, 0.2) is 83.7 Å². The summed E-state index contributed by atoms with van der Waals surface area (Å²) in [6.07, 6.45) is 5.06. The minimum absolute atomic E-state index is 0.122. The number of thiophene rings is 1. The minimum Gasteiger partial charge on any atom is -0.508 e. The largest absolute Gasteiger partial charge is 0.508 e. The van der Waals surface area contributed by atoms with E-state index in [0.717, 1.165) is 20.5 Å². The van der Waals surface area contributed by atoms with Gasteiger partial charge in [-0.05, 0) is 54.1 Å². The molecule has 1 N–H and O–H groups in total. The van der Waals surface area contributed by atoms with Crippen LogP contribution >= 0.6 is 22.9 Å². The molecule has 1 aliphatic rings. The topological polar surface area (TPSA) is 65.8 Å². The van der Waals surface area contributed by atoms with Gasteiger partial charge in [-0.25, -0.2) is 4.99 Å². The molecule has 1 aliphatic heterocycles. The lowest BCUT2D eigenvalue weighted by atomic mass is 10.2. The van der Waals surface area contributed by atoms with Gasteiger partial charge < -0.3 is 5.11 Å². The third kappa shape index (κ3) is 3.16. The van der Waals surface area contributed by atoms with Gasteiger partial charge in [-0.1, -0.05) is 29.8 Å². The van der Waals surface area contributed by atoms with Gasteiger partial charge in [0.15, 0.2) is 5.84 Å². The van der Waals surface area contributed by atoms with Crippen LogP contribution in [-0.2, 0) is 4.79 Å². The SMILES string of the molecule is O=C1/C(=C\c2ccncc2)N=C(c2sc3ccccc3c2Cl)N1c1ccc(O)cc1. The monoisotopic (exact) mass is 431 g/mol. The number of aromatic hydroxyl groups is 1. The standard InChI is InChI=1S/C23H14ClN3O2S/c24-20-17-3-1-2-4-19(17)30-21(20)22-26-18(13-14-9-11-25-12-10-14)23(29)27(22)15-5-7-16(28)8-6-15/h1-13,28H/b18-13+. The molecule has 7 heteroatoms. The molecule has 5 nitrogen and oxygen atoms in total. The van der Waals surface area contributed by atoms with E-state index in [0.29, 0.717) is 22.2 Å². The zero-order valence-electron chi connectivity index (χ0n) is 15.5. The smallest absolute Gasteiger partial charge is 0.282 e. The third-order valence-electron chi connectivity index (χ3n) is 4.72. The Hall–Kier alpha value is -3.48. The molecule has 2 aromatic heterocycles. The van der Waals surface area contributed by atoms with Crippen LogP contribution in [0.25, 0.3) is 16.2 Å². The number of amidine groups is 1. The molecular formula is C23H14ClN3O2S. The number of hydrogen-bond donors (Lipinski definition) is 1. The van der Waals surface area contributed by atoms with E-state index in [9.17, 15) is 9.90 Å². The molecule has 0 spiro atoms. The van der Waals surface area contributed by atoms with E-state index in [1.54, 1.807) is 30.6 Å². The first-order valence-corrected chi connectivity index (χ1v) is 10.3. The quantitative estimate of drug-likeness (QED) is 0.436. The van der Waals surface area contributed by atoms with Crippen LogP contribution in [0.3, 0.4) is 0 Å². The Kier molecular flexibility index (Phi) is 4.58. The number of carbonyl (C=O) groups excluding carboxylic acids is 1. The number of nitrogens with zero attached hydrogens (tertiary/aromatic N) is 3. The lowest BCUT2D eigenvalue weighted by molar-refractivity contribution is -0.113. The Morgan fingerprint density at radius 1 is 1.00 bits per heavy atom. The van der Waals surface area contributed by atoms with Gasteiger partial charge in [0, 0.05) is 22.5 Å². The van der Waals surface area contributed by atoms with Crippen LogP contribution in [0, 0.1) is 0 Å². The van der Waals surface area contributed by atoms with Gasteiger partial charge in [0.05, 0.1) is 15.6 Å². The minimum atomic E-state index is -0.263. The number of rotatable bonds is 3. The van der Waals surface area contributed by atoms with Crippen molar-refractivity contribution in [1.29, 1.82) is 0 Å². The number of aliphatic imine (C=N–C) groups is 1. The van der Waals surface area contributed by atoms with Crippen LogP contribution in [0.2, 0.25) is 5.02 Å². The number of benzene rings is 2. The predicted octanol–water partition coefficient (Wildman–Crippen LogP) is 5.49. The van der Waals surface area contributed by atoms with Gasteiger partial charge in [-0.15, -0.1) is 11.3 Å². The fourth-order valence-electron chi connectivity index (χ4n) is 3.29. The van der Waals surface area contributed by atoms with E-state index < -0.39 is 0 Å². The first-order chi connectivity index (χ1) is 14.6. The molecule has 0 saturated carbocycles. The van der Waals surface area contributed by atoms with Crippen LogP contribution in [0.1, 0.15) is 10.4 Å². The van der Waals surface area contributed by atoms with E-state index in [4.69, 9.17) is 11.6 Å². The molecule has 0 fully saturated rings. The lowest BCUT2D eigenvalue weighted by Crippen LogP contribution is -2.32. The molecule has 0 radical (unpaired) electrons. The van der Waals surface area contributed by atoms with Gasteiger partial charge in [-0.2, -0.15) is 0 Å². The number of fused-ring (bicyclic) bond motifs is 1. The zero-order valence-corrected chi connectivity index (χ0v) is 17.1. The van der Waals surface area contributed by atoms with Crippen molar-refractivity contribution in [3.63, 3.8) is 0 Å². The van der Waals surface area contributed by atoms with E-state index >= 15 is 0 Å². The Bertz CT molecular complexity index is 1330. The Morgan fingerprint density at radius 3 is 2.47 bits per heavy atom. The van der Waals surface area contributed by atoms with Crippen molar-refractivity contribution in [1.82, 2.24) is 4.98 Å². The molecule has 30 heavy (non-hydrogen) atoms. The Labute approximate surface area is 181 Å². The molecule has 0 saturated heterocycles. The van der Waals surface area contributed by atoms with Crippen LogP contribution in [0.5, 0.6) is 5.75 Å². The second kappa shape index (κ2) is 7.40. The summed E-state index contributed by atoms with van der Waals surface area (Å²) >= 11 is 8.18. The highest BCUT2D eigenvalue weighted by atomic mass is 35.5. The molecule has 146 valence electrons. The van der Waals surface area contributed by atoms with Gasteiger partial charge in [0.2, 0.25) is 0 Å². The summed E-state index contributed by atoms with van der Waals surface area (Å²) in [7, 11) is 0. The molecule has 0 atom stereocenters. The van der Waals surface area contributed by atoms with Gasteiger partial charge in [-0.3, -0.25) is 14.7 Å². The van der Waals surface area contributed by atoms with Crippen molar-refractivity contribution in [2.24, 2.45) is 4.99 Å². The molecule has 5 rings (SSSR count). The maximum atomic E-state index is 13.3. The van der Waals surface area contributed by atoms with Crippen LogP contribution in [-0.4, -0.2) is 21.8 Å². The Morgan fingerprint density at radius 2 is 1.73 bits per heavy atom. The molecule has 2 aromatic carbocycles. The van der Waals surface area contributed by atoms with E-state index in [1.807, 2.05) is 36.4 Å². The summed E-state index contributed by atoms with van der Waals surface area (Å²) in [4.78, 5) is 24.3. The average molecular weight is 432 g/mol. The second-order valence-electron chi connectivity index (χ2n) is 6.64. The summed E-state index contributed by atoms with van der Waals surface area (Å²) < 4.78 is 1.02. The van der Waals surface area contributed by atoms with Crippen LogP contribution in [0.4, 0.5) is 5.69 Å². The average Bonchev–Trinajstić information content (AvgIpc) is 3.27. The summed E-state index contributed by atoms with van der Waals surface area (Å²) in [6.45, 7) is 0. The summed E-state index contributed by atoms with van der Waals surface area (Å²) in [6, 6.07) is 17.9. The number of amides is 1. The highest BCUT2D eigenvalue weighted by Crippen LogP contribution is 2.39. The normalized spacial score (nSPS) is 15.2. The number of phenolic OH excluding ortho intramolecular Hbond substituents is 1. The molecule has 0 aliphatic carbocycles. The number of phenols is 1. The van der Waals surface area contributed by atoms with Crippen molar-refractivity contribution in [2.75, 3.05) is 4.90 Å². The maximum absolute atomic E-state index is 13.3. The maximum Gasteiger partial charge on any atom is 0.282 e. The fourth-order valence-corrected chi connectivity index (χ4v) is 4.78. The van der Waals surface area contributed by atoms with E-state index in [1.165, 1.54) is 28.4 Å². The first-order valence-electron chi connectivity index (χ1n) is 9.13. The highest BCUT2D eigenvalue weighted by Gasteiger charge is 2.34.